The van der Waals surface area contributed by atoms with Crippen molar-refractivity contribution in [1.29, 1.82) is 0 Å². The van der Waals surface area contributed by atoms with E-state index in [-0.39, 0.29) is 19.6 Å². The number of unbranched alkanes of at least 4 members (excludes halogenated alkanes) is 5. The Balaban J connectivity index is 2.12. The molecule has 2 atom stereocenters. The molecule has 0 radical (unpaired) electrons. The largest absolute Gasteiger partial charge is 0.497 e. The molecule has 0 fully saturated rings. The fourth-order valence-corrected chi connectivity index (χ4v) is 4.05. The molecular weight excluding hydrogens is 437 g/mol. The number of phosphoric acid groups is 1. The fourth-order valence-electron chi connectivity index (χ4n) is 3.11. The van der Waals surface area contributed by atoms with Gasteiger partial charge < -0.3 is 24.0 Å². The van der Waals surface area contributed by atoms with Crippen LogP contribution in [-0.4, -0.2) is 74.6 Å². The standard InChI is InChI=1S/C22H38NO8P/c1-23(2,3)18-21(17-22(24)25)31-32(26,27)30-16-10-8-6-5-7-9-15-29-20-13-11-19(28-4)12-14-20/h11-14,21H,5-10,15-18H2,1-4H3,(H-,24,25,26,27)/p+1/t21-/m1/s1. The fraction of sp³-hybridized carbons (Fsp3) is 0.682. The molecule has 0 aliphatic heterocycles. The number of hydrogen-bond donors (Lipinski definition) is 2. The van der Waals surface area contributed by atoms with Gasteiger partial charge in [0, 0.05) is 0 Å². The molecule has 0 saturated carbocycles. The molecule has 0 heterocycles. The monoisotopic (exact) mass is 476 g/mol. The lowest BCUT2D eigenvalue weighted by molar-refractivity contribution is -0.873. The van der Waals surface area contributed by atoms with E-state index in [1.54, 1.807) is 7.11 Å². The van der Waals surface area contributed by atoms with Crippen LogP contribution in [0.15, 0.2) is 24.3 Å². The highest BCUT2D eigenvalue weighted by Gasteiger charge is 2.31. The lowest BCUT2D eigenvalue weighted by Gasteiger charge is -2.29. The Morgan fingerprint density at radius 1 is 0.969 bits per heavy atom. The maximum Gasteiger partial charge on any atom is 0.472 e. The van der Waals surface area contributed by atoms with E-state index >= 15 is 0 Å². The van der Waals surface area contributed by atoms with E-state index < -0.39 is 19.9 Å². The van der Waals surface area contributed by atoms with Crippen LogP contribution in [0.3, 0.4) is 0 Å². The molecule has 9 nitrogen and oxygen atoms in total. The smallest absolute Gasteiger partial charge is 0.472 e. The predicted molar refractivity (Wildman–Crippen MR) is 122 cm³/mol. The number of quaternary nitrogens is 1. The molecular formula is C22H39NO8P+. The molecule has 0 aliphatic carbocycles. The Morgan fingerprint density at radius 3 is 2.03 bits per heavy atom. The molecule has 2 N–H and O–H groups in total. The minimum atomic E-state index is -4.29. The first-order valence-electron chi connectivity index (χ1n) is 11.0. The number of carboxylic acids is 1. The van der Waals surface area contributed by atoms with Gasteiger partial charge in [-0.2, -0.15) is 0 Å². The van der Waals surface area contributed by atoms with Crippen molar-refractivity contribution < 1.29 is 42.4 Å². The number of aliphatic carboxylic acids is 1. The maximum absolute atomic E-state index is 12.1. The van der Waals surface area contributed by atoms with Gasteiger partial charge >= 0.3 is 13.8 Å². The van der Waals surface area contributed by atoms with E-state index in [0.29, 0.717) is 17.5 Å². The lowest BCUT2D eigenvalue weighted by atomic mass is 10.1. The number of methoxy groups -OCH3 is 1. The predicted octanol–water partition coefficient (Wildman–Crippen LogP) is 4.10. The van der Waals surface area contributed by atoms with Crippen LogP contribution in [0.5, 0.6) is 11.5 Å². The zero-order valence-electron chi connectivity index (χ0n) is 19.7. The van der Waals surface area contributed by atoms with Crippen molar-refractivity contribution in [3.05, 3.63) is 24.3 Å². The van der Waals surface area contributed by atoms with E-state index in [1.165, 1.54) is 0 Å². The van der Waals surface area contributed by atoms with Gasteiger partial charge in [-0.3, -0.25) is 13.8 Å². The molecule has 0 amide bonds. The van der Waals surface area contributed by atoms with Gasteiger partial charge in [0.15, 0.2) is 0 Å². The molecule has 0 aromatic heterocycles. The Hall–Kier alpha value is -1.64. The molecule has 0 aliphatic rings. The van der Waals surface area contributed by atoms with E-state index in [4.69, 9.17) is 23.6 Å². The number of benzene rings is 1. The van der Waals surface area contributed by atoms with Crippen LogP contribution in [0.25, 0.3) is 0 Å². The third-order valence-electron chi connectivity index (χ3n) is 4.56. The van der Waals surface area contributed by atoms with Gasteiger partial charge in [0.2, 0.25) is 0 Å². The van der Waals surface area contributed by atoms with Gasteiger partial charge in [-0.05, 0) is 37.1 Å². The van der Waals surface area contributed by atoms with Crippen LogP contribution >= 0.6 is 7.82 Å². The highest BCUT2D eigenvalue weighted by Crippen LogP contribution is 2.45. The molecule has 0 spiro atoms. The minimum Gasteiger partial charge on any atom is -0.497 e. The molecule has 1 unspecified atom stereocenters. The highest BCUT2D eigenvalue weighted by molar-refractivity contribution is 7.47. The van der Waals surface area contributed by atoms with Crippen molar-refractivity contribution >= 4 is 13.8 Å². The molecule has 10 heteroatoms. The van der Waals surface area contributed by atoms with E-state index in [0.717, 1.165) is 43.6 Å². The number of nitrogens with zero attached hydrogens (tertiary/aromatic N) is 1. The van der Waals surface area contributed by atoms with Crippen molar-refractivity contribution in [1.82, 2.24) is 0 Å². The van der Waals surface area contributed by atoms with Crippen molar-refractivity contribution in [2.75, 3.05) is 48.0 Å². The summed E-state index contributed by atoms with van der Waals surface area (Å²) in [5.74, 6) is 0.540. The summed E-state index contributed by atoms with van der Waals surface area (Å²) in [6.07, 6.45) is 4.29. The van der Waals surface area contributed by atoms with Crippen LogP contribution < -0.4 is 9.47 Å². The zero-order chi connectivity index (χ0) is 24.0. The summed E-state index contributed by atoms with van der Waals surface area (Å²) in [6, 6.07) is 7.50. The van der Waals surface area contributed by atoms with Gasteiger partial charge in [0.1, 0.15) is 24.1 Å². The Kier molecular flexibility index (Phi) is 12.9. The van der Waals surface area contributed by atoms with E-state index in [9.17, 15) is 14.3 Å². The summed E-state index contributed by atoms with van der Waals surface area (Å²) in [7, 11) is 2.90. The highest BCUT2D eigenvalue weighted by atomic mass is 31.2. The number of phosphoric ester groups is 1. The molecule has 184 valence electrons. The number of carbonyl (C=O) groups is 1. The summed E-state index contributed by atoms with van der Waals surface area (Å²) < 4.78 is 33.5. The summed E-state index contributed by atoms with van der Waals surface area (Å²) in [4.78, 5) is 20.9. The SMILES string of the molecule is COc1ccc(OCCCCCCCCOP(=O)(O)O[C@H](CC(=O)O)C[N+](C)(C)C)cc1. The second-order valence-corrected chi connectivity index (χ2v) is 10.2. The second kappa shape index (κ2) is 14.5. The van der Waals surface area contributed by atoms with Gasteiger partial charge in [0.05, 0.1) is 47.9 Å². The number of carboxylic acid groups (broad SMARTS) is 1. The van der Waals surface area contributed by atoms with Crippen LogP contribution in [-0.2, 0) is 18.4 Å². The molecule has 1 aromatic rings. The van der Waals surface area contributed by atoms with Gasteiger partial charge in [0.25, 0.3) is 0 Å². The molecule has 1 aromatic carbocycles. The quantitative estimate of drug-likeness (QED) is 0.185. The molecule has 1 rings (SSSR count). The van der Waals surface area contributed by atoms with Crippen LogP contribution in [0, 0.1) is 0 Å². The first-order valence-corrected chi connectivity index (χ1v) is 12.4. The van der Waals surface area contributed by atoms with E-state index in [1.807, 2.05) is 45.4 Å². The summed E-state index contributed by atoms with van der Waals surface area (Å²) >= 11 is 0. The number of hydrogen-bond acceptors (Lipinski definition) is 6. The first kappa shape index (κ1) is 28.4. The Morgan fingerprint density at radius 2 is 1.50 bits per heavy atom. The zero-order valence-corrected chi connectivity index (χ0v) is 20.6. The average Bonchev–Trinajstić information content (AvgIpc) is 2.67. The normalized spacial score (nSPS) is 14.5. The number of likely N-dealkylation sites (N-methyl/N-ethyl adjacent to an activating group) is 1. The first-order chi connectivity index (χ1) is 15.0. The third-order valence-corrected chi connectivity index (χ3v) is 5.63. The van der Waals surface area contributed by atoms with Gasteiger partial charge in [-0.15, -0.1) is 0 Å². The Bertz CT molecular complexity index is 705. The summed E-state index contributed by atoms with van der Waals surface area (Å²) in [5.41, 5.74) is 0. The van der Waals surface area contributed by atoms with Crippen molar-refractivity contribution in [2.24, 2.45) is 0 Å². The van der Waals surface area contributed by atoms with Gasteiger partial charge in [-0.25, -0.2) is 4.57 Å². The lowest BCUT2D eigenvalue weighted by Crippen LogP contribution is -2.42. The number of rotatable bonds is 18. The van der Waals surface area contributed by atoms with Crippen LogP contribution in [0.1, 0.15) is 44.9 Å². The Labute approximate surface area is 191 Å². The minimum absolute atomic E-state index is 0.0958. The topological polar surface area (TPSA) is 112 Å². The number of ether oxygens (including phenoxy) is 2. The molecule has 32 heavy (non-hydrogen) atoms. The molecule has 0 bridgehead atoms. The maximum atomic E-state index is 12.1. The molecule has 0 saturated heterocycles. The van der Waals surface area contributed by atoms with Crippen molar-refractivity contribution in [3.8, 4) is 11.5 Å². The second-order valence-electron chi connectivity index (χ2n) is 8.75. The average molecular weight is 477 g/mol. The van der Waals surface area contributed by atoms with Crippen LogP contribution in [0.4, 0.5) is 0 Å². The summed E-state index contributed by atoms with van der Waals surface area (Å²) in [6.45, 7) is 1.03. The van der Waals surface area contributed by atoms with Crippen molar-refractivity contribution in [2.45, 2.75) is 51.0 Å². The third kappa shape index (κ3) is 14.4. The van der Waals surface area contributed by atoms with Gasteiger partial charge in [-0.1, -0.05) is 25.7 Å². The summed E-state index contributed by atoms with van der Waals surface area (Å²) in [5, 5.41) is 8.99. The van der Waals surface area contributed by atoms with Crippen molar-refractivity contribution in [3.63, 3.8) is 0 Å². The van der Waals surface area contributed by atoms with Crippen LogP contribution in [0.2, 0.25) is 0 Å². The van der Waals surface area contributed by atoms with E-state index in [2.05, 4.69) is 0 Å².